The van der Waals surface area contributed by atoms with Gasteiger partial charge in [-0.25, -0.2) is 0 Å². The molecule has 1 aliphatic rings. The lowest BCUT2D eigenvalue weighted by Crippen LogP contribution is -2.50. The number of rotatable bonds is 6. The fourth-order valence-corrected chi connectivity index (χ4v) is 2.64. The van der Waals surface area contributed by atoms with Crippen molar-refractivity contribution in [2.45, 2.75) is 38.3 Å². The second-order valence-corrected chi connectivity index (χ2v) is 6.29. The summed E-state index contributed by atoms with van der Waals surface area (Å²) in [7, 11) is 2.12. The van der Waals surface area contributed by atoms with E-state index in [0.717, 1.165) is 38.2 Å². The molecule has 0 aromatic heterocycles. The highest BCUT2D eigenvalue weighted by Crippen LogP contribution is 2.20. The second kappa shape index (κ2) is 6.84. The highest BCUT2D eigenvalue weighted by Gasteiger charge is 2.30. The van der Waals surface area contributed by atoms with Crippen LogP contribution >= 0.6 is 11.8 Å². The van der Waals surface area contributed by atoms with E-state index in [1.165, 1.54) is 5.75 Å². The molecule has 0 radical (unpaired) electrons. The van der Waals surface area contributed by atoms with Crippen LogP contribution in [0.4, 0.5) is 0 Å². The van der Waals surface area contributed by atoms with Gasteiger partial charge in [0.2, 0.25) is 0 Å². The quantitative estimate of drug-likeness (QED) is 0.737. The van der Waals surface area contributed by atoms with Gasteiger partial charge in [-0.15, -0.1) is 0 Å². The van der Waals surface area contributed by atoms with E-state index in [9.17, 15) is 5.11 Å². The van der Waals surface area contributed by atoms with Gasteiger partial charge in [0.25, 0.3) is 0 Å². The molecule has 0 unspecified atom stereocenters. The van der Waals surface area contributed by atoms with Crippen LogP contribution in [0.15, 0.2) is 0 Å². The predicted molar refractivity (Wildman–Crippen MR) is 72.1 cm³/mol. The Bertz CT molecular complexity index is 193. The Labute approximate surface area is 104 Å². The summed E-state index contributed by atoms with van der Waals surface area (Å²) in [5.74, 6) is 2.30. The van der Waals surface area contributed by atoms with Gasteiger partial charge < -0.3 is 15.3 Å². The molecule has 2 N–H and O–H groups in total. The molecule has 1 aliphatic heterocycles. The molecule has 0 aromatic rings. The zero-order valence-corrected chi connectivity index (χ0v) is 11.6. The molecule has 1 heterocycles. The van der Waals surface area contributed by atoms with Crippen molar-refractivity contribution in [3.63, 3.8) is 0 Å². The molecule has 1 rings (SSSR count). The lowest BCUT2D eigenvalue weighted by Gasteiger charge is -2.37. The number of piperidine rings is 1. The van der Waals surface area contributed by atoms with Gasteiger partial charge in [-0.1, -0.05) is 6.92 Å². The number of hydrogen-bond acceptors (Lipinski definition) is 4. The van der Waals surface area contributed by atoms with E-state index in [-0.39, 0.29) is 0 Å². The molecule has 4 heteroatoms. The van der Waals surface area contributed by atoms with Crippen molar-refractivity contribution in [2.75, 3.05) is 38.2 Å². The Balaban J connectivity index is 2.20. The summed E-state index contributed by atoms with van der Waals surface area (Å²) in [4.78, 5) is 2.28. The zero-order valence-electron chi connectivity index (χ0n) is 10.8. The summed E-state index contributed by atoms with van der Waals surface area (Å²) in [5, 5.41) is 13.8. The lowest BCUT2D eigenvalue weighted by atomic mass is 9.91. The van der Waals surface area contributed by atoms with Crippen LogP contribution in [0.25, 0.3) is 0 Å². The number of thioether (sulfide) groups is 1. The van der Waals surface area contributed by atoms with Gasteiger partial charge in [-0.05, 0) is 32.6 Å². The van der Waals surface area contributed by atoms with Crippen LogP contribution in [0.1, 0.15) is 26.7 Å². The van der Waals surface area contributed by atoms with Gasteiger partial charge in [-0.3, -0.25) is 0 Å². The number of nitrogens with zero attached hydrogens (tertiary/aromatic N) is 1. The van der Waals surface area contributed by atoms with Crippen LogP contribution < -0.4 is 5.32 Å². The predicted octanol–water partition coefficient (Wildman–Crippen LogP) is 1.17. The number of aliphatic hydroxyl groups is 1. The van der Waals surface area contributed by atoms with Crippen molar-refractivity contribution in [1.29, 1.82) is 0 Å². The Hall–Kier alpha value is 0.230. The van der Waals surface area contributed by atoms with Crippen molar-refractivity contribution >= 4 is 11.8 Å². The first-order valence-corrected chi connectivity index (χ1v) is 7.43. The minimum Gasteiger partial charge on any atom is -0.388 e. The SMILES string of the molecule is CCSC[C@H](C)NCC1(O)CCN(C)CC1. The molecule has 0 saturated carbocycles. The monoisotopic (exact) mass is 246 g/mol. The maximum absolute atomic E-state index is 10.4. The topological polar surface area (TPSA) is 35.5 Å². The summed E-state index contributed by atoms with van der Waals surface area (Å²) in [6.07, 6.45) is 1.79. The first kappa shape index (κ1) is 14.3. The zero-order chi connectivity index (χ0) is 12.0. The third-order valence-corrected chi connectivity index (χ3v) is 4.41. The maximum Gasteiger partial charge on any atom is 0.0796 e. The third kappa shape index (κ3) is 5.04. The summed E-state index contributed by atoms with van der Waals surface area (Å²) in [5.41, 5.74) is -0.475. The van der Waals surface area contributed by atoms with Crippen LogP contribution in [-0.2, 0) is 0 Å². The van der Waals surface area contributed by atoms with E-state index in [0.29, 0.717) is 6.04 Å². The Morgan fingerprint density at radius 3 is 2.62 bits per heavy atom. The van der Waals surface area contributed by atoms with Crippen LogP contribution in [0, 0.1) is 0 Å². The first-order valence-electron chi connectivity index (χ1n) is 6.28. The largest absolute Gasteiger partial charge is 0.388 e. The van der Waals surface area contributed by atoms with Gasteiger partial charge in [0.1, 0.15) is 0 Å². The normalized spacial score (nSPS) is 23.2. The van der Waals surface area contributed by atoms with Crippen molar-refractivity contribution in [3.8, 4) is 0 Å². The minimum absolute atomic E-state index is 0.475. The van der Waals surface area contributed by atoms with Crippen molar-refractivity contribution in [3.05, 3.63) is 0 Å². The molecule has 0 bridgehead atoms. The number of likely N-dealkylation sites (tertiary alicyclic amines) is 1. The fraction of sp³-hybridized carbons (Fsp3) is 1.00. The van der Waals surface area contributed by atoms with Gasteiger partial charge in [0.15, 0.2) is 0 Å². The molecule has 3 nitrogen and oxygen atoms in total. The highest BCUT2D eigenvalue weighted by molar-refractivity contribution is 7.99. The van der Waals surface area contributed by atoms with E-state index in [2.05, 4.69) is 31.1 Å². The molecule has 1 atom stereocenters. The molecule has 0 aliphatic carbocycles. The van der Waals surface area contributed by atoms with Gasteiger partial charge >= 0.3 is 0 Å². The van der Waals surface area contributed by atoms with Gasteiger partial charge in [0.05, 0.1) is 5.60 Å². The van der Waals surface area contributed by atoms with Crippen LogP contribution in [-0.4, -0.2) is 59.8 Å². The van der Waals surface area contributed by atoms with E-state index >= 15 is 0 Å². The molecule has 1 saturated heterocycles. The van der Waals surface area contributed by atoms with Crippen molar-refractivity contribution in [1.82, 2.24) is 10.2 Å². The molecule has 1 fully saturated rings. The maximum atomic E-state index is 10.4. The Kier molecular flexibility index (Phi) is 6.11. The summed E-state index contributed by atoms with van der Waals surface area (Å²) >= 11 is 1.95. The van der Waals surface area contributed by atoms with Crippen molar-refractivity contribution in [2.24, 2.45) is 0 Å². The summed E-state index contributed by atoms with van der Waals surface area (Å²) in [6.45, 7) is 7.14. The fourth-order valence-electron chi connectivity index (χ4n) is 1.93. The molecule has 96 valence electrons. The summed E-state index contributed by atoms with van der Waals surface area (Å²) < 4.78 is 0. The molecular weight excluding hydrogens is 220 g/mol. The molecular formula is C12H26N2OS. The van der Waals surface area contributed by atoms with Gasteiger partial charge in [-0.2, -0.15) is 11.8 Å². The summed E-state index contributed by atoms with van der Waals surface area (Å²) in [6, 6.07) is 0.494. The van der Waals surface area contributed by atoms with E-state index in [4.69, 9.17) is 0 Å². The minimum atomic E-state index is -0.475. The molecule has 0 amide bonds. The van der Waals surface area contributed by atoms with Crippen LogP contribution in [0.5, 0.6) is 0 Å². The average molecular weight is 246 g/mol. The molecule has 16 heavy (non-hydrogen) atoms. The standard InChI is InChI=1S/C12H26N2OS/c1-4-16-9-11(2)13-10-12(15)5-7-14(3)8-6-12/h11,13,15H,4-10H2,1-3H3/t11-/m0/s1. The van der Waals surface area contributed by atoms with Crippen LogP contribution in [0.2, 0.25) is 0 Å². The van der Waals surface area contributed by atoms with E-state index < -0.39 is 5.60 Å². The smallest absolute Gasteiger partial charge is 0.0796 e. The number of hydrogen-bond donors (Lipinski definition) is 2. The number of nitrogens with one attached hydrogen (secondary N) is 1. The highest BCUT2D eigenvalue weighted by atomic mass is 32.2. The first-order chi connectivity index (χ1) is 7.56. The van der Waals surface area contributed by atoms with E-state index in [1.54, 1.807) is 0 Å². The lowest BCUT2D eigenvalue weighted by molar-refractivity contribution is -0.0154. The van der Waals surface area contributed by atoms with Gasteiger partial charge in [0, 0.05) is 31.4 Å². The average Bonchev–Trinajstić information content (AvgIpc) is 2.28. The Morgan fingerprint density at radius 1 is 1.44 bits per heavy atom. The van der Waals surface area contributed by atoms with E-state index in [1.807, 2.05) is 11.8 Å². The Morgan fingerprint density at radius 2 is 2.06 bits per heavy atom. The van der Waals surface area contributed by atoms with Crippen LogP contribution in [0.3, 0.4) is 0 Å². The molecule has 0 spiro atoms. The third-order valence-electron chi connectivity index (χ3n) is 3.27. The molecule has 0 aromatic carbocycles. The second-order valence-electron chi connectivity index (χ2n) is 4.97. The van der Waals surface area contributed by atoms with Crippen molar-refractivity contribution < 1.29 is 5.11 Å².